The van der Waals surface area contributed by atoms with Crippen LogP contribution in [-0.4, -0.2) is 11.1 Å². The minimum Gasteiger partial charge on any atom is -0.478 e. The molecular formula is C18H21NO2. The second-order valence-electron chi connectivity index (χ2n) is 5.57. The van der Waals surface area contributed by atoms with E-state index < -0.39 is 5.97 Å². The topological polar surface area (TPSA) is 49.3 Å². The highest BCUT2D eigenvalue weighted by Crippen LogP contribution is 2.25. The Bertz CT molecular complexity index is 657. The molecule has 0 spiro atoms. The summed E-state index contributed by atoms with van der Waals surface area (Å²) < 4.78 is 0. The molecular weight excluding hydrogens is 262 g/mol. The maximum absolute atomic E-state index is 11.2. The predicted octanol–water partition coefficient (Wildman–Crippen LogP) is 4.48. The zero-order chi connectivity index (χ0) is 15.6. The molecule has 0 saturated heterocycles. The molecule has 0 saturated carbocycles. The summed E-state index contributed by atoms with van der Waals surface area (Å²) in [4.78, 5) is 11.2. The van der Waals surface area contributed by atoms with Crippen LogP contribution in [0.5, 0.6) is 0 Å². The van der Waals surface area contributed by atoms with Crippen LogP contribution in [0.4, 0.5) is 5.69 Å². The molecule has 0 aliphatic heterocycles. The largest absolute Gasteiger partial charge is 0.478 e. The van der Waals surface area contributed by atoms with Gasteiger partial charge in [-0.3, -0.25) is 0 Å². The Morgan fingerprint density at radius 2 is 1.71 bits per heavy atom. The second-order valence-corrected chi connectivity index (χ2v) is 5.57. The normalized spacial score (nSPS) is 12.0. The number of nitrogens with one attached hydrogen (secondary N) is 1. The first-order valence-electron chi connectivity index (χ1n) is 7.06. The highest BCUT2D eigenvalue weighted by Gasteiger charge is 2.12. The molecule has 2 rings (SSSR count). The van der Waals surface area contributed by atoms with E-state index in [0.717, 1.165) is 11.3 Å². The summed E-state index contributed by atoms with van der Waals surface area (Å²) in [5, 5.41) is 12.6. The van der Waals surface area contributed by atoms with Crippen LogP contribution in [0.3, 0.4) is 0 Å². The minimum absolute atomic E-state index is 0.117. The molecule has 2 aromatic carbocycles. The van der Waals surface area contributed by atoms with Crippen molar-refractivity contribution in [2.45, 2.75) is 33.7 Å². The molecule has 3 nitrogen and oxygen atoms in total. The molecule has 0 aromatic heterocycles. The number of carboxylic acid groups (broad SMARTS) is 1. The van der Waals surface area contributed by atoms with Gasteiger partial charge >= 0.3 is 5.97 Å². The molecule has 0 fully saturated rings. The number of anilines is 1. The second kappa shape index (κ2) is 6.00. The third-order valence-corrected chi connectivity index (χ3v) is 3.68. The van der Waals surface area contributed by atoms with Gasteiger partial charge in [0, 0.05) is 11.7 Å². The Kier molecular flexibility index (Phi) is 4.32. The van der Waals surface area contributed by atoms with Crippen molar-refractivity contribution < 1.29 is 9.90 Å². The van der Waals surface area contributed by atoms with Crippen molar-refractivity contribution in [2.24, 2.45) is 0 Å². The Morgan fingerprint density at radius 3 is 2.29 bits per heavy atom. The Balaban J connectivity index is 2.29. The van der Waals surface area contributed by atoms with E-state index in [1.165, 1.54) is 16.7 Å². The van der Waals surface area contributed by atoms with Crippen molar-refractivity contribution in [3.05, 3.63) is 64.2 Å². The minimum atomic E-state index is -0.893. The van der Waals surface area contributed by atoms with Crippen LogP contribution in [0.25, 0.3) is 0 Å². The van der Waals surface area contributed by atoms with E-state index in [0.29, 0.717) is 5.56 Å². The molecule has 3 heteroatoms. The van der Waals surface area contributed by atoms with Gasteiger partial charge < -0.3 is 10.4 Å². The molecule has 2 N–H and O–H groups in total. The molecule has 1 unspecified atom stereocenters. The fourth-order valence-electron chi connectivity index (χ4n) is 2.60. The van der Waals surface area contributed by atoms with Gasteiger partial charge in [0.05, 0.1) is 5.56 Å². The Morgan fingerprint density at radius 1 is 1.10 bits per heavy atom. The predicted molar refractivity (Wildman–Crippen MR) is 86.1 cm³/mol. The van der Waals surface area contributed by atoms with E-state index in [-0.39, 0.29) is 6.04 Å². The molecule has 0 aliphatic rings. The summed E-state index contributed by atoms with van der Waals surface area (Å²) in [6.07, 6.45) is 0. The van der Waals surface area contributed by atoms with Crippen molar-refractivity contribution in [3.63, 3.8) is 0 Å². The molecule has 0 radical (unpaired) electrons. The van der Waals surface area contributed by atoms with E-state index in [2.05, 4.69) is 44.3 Å². The molecule has 0 amide bonds. The summed E-state index contributed by atoms with van der Waals surface area (Å²) >= 11 is 0. The first-order chi connectivity index (χ1) is 9.88. The van der Waals surface area contributed by atoms with Crippen LogP contribution >= 0.6 is 0 Å². The van der Waals surface area contributed by atoms with E-state index >= 15 is 0 Å². The average Bonchev–Trinajstić information content (AvgIpc) is 2.39. The lowest BCUT2D eigenvalue weighted by Gasteiger charge is -2.19. The van der Waals surface area contributed by atoms with Crippen LogP contribution in [0.1, 0.15) is 45.6 Å². The number of benzene rings is 2. The van der Waals surface area contributed by atoms with Crippen molar-refractivity contribution in [1.29, 1.82) is 0 Å². The monoisotopic (exact) mass is 283 g/mol. The van der Waals surface area contributed by atoms with Gasteiger partial charge in [-0.1, -0.05) is 35.4 Å². The number of hydrogen-bond donors (Lipinski definition) is 2. The smallest absolute Gasteiger partial charge is 0.336 e. The summed E-state index contributed by atoms with van der Waals surface area (Å²) in [6, 6.07) is 11.9. The maximum Gasteiger partial charge on any atom is 0.336 e. The van der Waals surface area contributed by atoms with Gasteiger partial charge in [-0.05, 0) is 51.0 Å². The number of aryl methyl sites for hydroxylation is 2. The summed E-state index contributed by atoms with van der Waals surface area (Å²) in [7, 11) is 0. The summed E-state index contributed by atoms with van der Waals surface area (Å²) in [6.45, 7) is 8.08. The van der Waals surface area contributed by atoms with Gasteiger partial charge in [0.2, 0.25) is 0 Å². The Hall–Kier alpha value is -2.29. The third kappa shape index (κ3) is 3.43. The number of aromatic carboxylic acids is 1. The average molecular weight is 283 g/mol. The van der Waals surface area contributed by atoms with Crippen LogP contribution in [0.15, 0.2) is 36.4 Å². The zero-order valence-electron chi connectivity index (χ0n) is 12.9. The first kappa shape index (κ1) is 15.1. The fraction of sp³-hybridized carbons (Fsp3) is 0.278. The molecule has 1 atom stereocenters. The van der Waals surface area contributed by atoms with Gasteiger partial charge in [0.15, 0.2) is 0 Å². The van der Waals surface area contributed by atoms with Crippen molar-refractivity contribution in [3.8, 4) is 0 Å². The summed E-state index contributed by atoms with van der Waals surface area (Å²) in [5.41, 5.74) is 5.63. The van der Waals surface area contributed by atoms with E-state index in [4.69, 9.17) is 0 Å². The first-order valence-corrected chi connectivity index (χ1v) is 7.06. The van der Waals surface area contributed by atoms with Gasteiger partial charge in [0.25, 0.3) is 0 Å². The number of hydrogen-bond acceptors (Lipinski definition) is 2. The lowest BCUT2D eigenvalue weighted by atomic mass is 10.0. The van der Waals surface area contributed by atoms with E-state index in [1.54, 1.807) is 12.1 Å². The molecule has 0 heterocycles. The highest BCUT2D eigenvalue weighted by molar-refractivity contribution is 5.91. The summed E-state index contributed by atoms with van der Waals surface area (Å²) in [5.74, 6) is -0.893. The van der Waals surface area contributed by atoms with Crippen LogP contribution < -0.4 is 5.32 Å². The van der Waals surface area contributed by atoms with Gasteiger partial charge in [-0.2, -0.15) is 0 Å². The van der Waals surface area contributed by atoms with E-state index in [1.807, 2.05) is 13.0 Å². The van der Waals surface area contributed by atoms with Crippen molar-refractivity contribution >= 4 is 11.7 Å². The maximum atomic E-state index is 11.2. The number of carbonyl (C=O) groups is 1. The third-order valence-electron chi connectivity index (χ3n) is 3.68. The highest BCUT2D eigenvalue weighted by atomic mass is 16.4. The van der Waals surface area contributed by atoms with Crippen molar-refractivity contribution in [2.75, 3.05) is 5.32 Å². The number of rotatable bonds is 4. The van der Waals surface area contributed by atoms with Gasteiger partial charge in [-0.15, -0.1) is 0 Å². The molecule has 110 valence electrons. The molecule has 2 aromatic rings. The zero-order valence-corrected chi connectivity index (χ0v) is 12.9. The standard InChI is InChI=1S/C18H21NO2/c1-11-8-12(2)10-15(9-11)14(4)19-17-7-5-6-16(13(17)3)18(20)21/h5-10,14,19H,1-4H3,(H,20,21). The fourth-order valence-corrected chi connectivity index (χ4v) is 2.60. The van der Waals surface area contributed by atoms with Crippen LogP contribution in [0, 0.1) is 20.8 Å². The van der Waals surface area contributed by atoms with Crippen LogP contribution in [0.2, 0.25) is 0 Å². The lowest BCUT2D eigenvalue weighted by Crippen LogP contribution is -2.10. The molecule has 21 heavy (non-hydrogen) atoms. The van der Waals surface area contributed by atoms with Gasteiger partial charge in [-0.25, -0.2) is 4.79 Å². The number of carboxylic acids is 1. The van der Waals surface area contributed by atoms with Crippen LogP contribution in [-0.2, 0) is 0 Å². The van der Waals surface area contributed by atoms with E-state index in [9.17, 15) is 9.90 Å². The lowest BCUT2D eigenvalue weighted by molar-refractivity contribution is 0.0696. The van der Waals surface area contributed by atoms with Gasteiger partial charge in [0.1, 0.15) is 0 Å². The molecule has 0 aliphatic carbocycles. The quantitative estimate of drug-likeness (QED) is 0.869. The Labute approximate surface area is 125 Å². The SMILES string of the molecule is Cc1cc(C)cc(C(C)Nc2cccc(C(=O)O)c2C)c1. The van der Waals surface area contributed by atoms with Crippen molar-refractivity contribution in [1.82, 2.24) is 0 Å². The molecule has 0 bridgehead atoms.